The van der Waals surface area contributed by atoms with Crippen molar-refractivity contribution < 1.29 is 19.4 Å². The number of nitrogens with zero attached hydrogens (tertiary/aromatic N) is 1. The number of benzene rings is 4. The summed E-state index contributed by atoms with van der Waals surface area (Å²) in [6.45, 7) is 11.2. The molecule has 4 aromatic carbocycles. The van der Waals surface area contributed by atoms with Crippen molar-refractivity contribution in [3.8, 4) is 0 Å². The second-order valence-corrected chi connectivity index (χ2v) is 12.3. The van der Waals surface area contributed by atoms with Crippen LogP contribution in [0.1, 0.15) is 59.7 Å². The topological polar surface area (TPSA) is 83.8 Å². The van der Waals surface area contributed by atoms with E-state index < -0.39 is 18.2 Å². The first kappa shape index (κ1) is 29.5. The molecule has 4 aromatic rings. The highest BCUT2D eigenvalue weighted by atomic mass is 31.2. The molecule has 0 aromatic heterocycles. The van der Waals surface area contributed by atoms with Gasteiger partial charge in [-0.25, -0.2) is 0 Å². The quantitative estimate of drug-likeness (QED) is 0.118. The van der Waals surface area contributed by atoms with Gasteiger partial charge in [0.2, 0.25) is 18.2 Å². The molecule has 0 fully saturated rings. The molecular weight excluding hydrogens is 505 g/mol. The van der Waals surface area contributed by atoms with Crippen LogP contribution in [0.5, 0.6) is 0 Å². The standard InChI is InChI=1S/C26H27O3P.C7H7NO/c1-16-12-18(3)23(19(4)13-16)25(27)30(29,22-10-8-7-9-11-22)26(28)24-20(5)14-17(2)15-21(24)6;9-8-6-7-4-2-1-3-5-7/h7-15H,1-6H3;1-6,9H. The van der Waals surface area contributed by atoms with Crippen molar-refractivity contribution in [1.29, 1.82) is 0 Å². The van der Waals surface area contributed by atoms with Crippen molar-refractivity contribution in [2.45, 2.75) is 41.5 Å². The third-order valence-corrected chi connectivity index (χ3v) is 9.10. The van der Waals surface area contributed by atoms with Crippen LogP contribution in [0.4, 0.5) is 0 Å². The predicted octanol–water partition coefficient (Wildman–Crippen LogP) is 7.70. The lowest BCUT2D eigenvalue weighted by Gasteiger charge is -2.21. The smallest absolute Gasteiger partial charge is 0.248 e. The van der Waals surface area contributed by atoms with Gasteiger partial charge in [-0.1, -0.05) is 101 Å². The van der Waals surface area contributed by atoms with E-state index in [1.165, 1.54) is 6.21 Å². The van der Waals surface area contributed by atoms with Gasteiger partial charge in [-0.05, 0) is 69.4 Å². The first-order valence-electron chi connectivity index (χ1n) is 12.6. The molecule has 200 valence electrons. The van der Waals surface area contributed by atoms with Gasteiger partial charge < -0.3 is 9.77 Å². The molecule has 5 nitrogen and oxygen atoms in total. The Morgan fingerprint density at radius 3 is 1.36 bits per heavy atom. The average molecular weight is 540 g/mol. The number of hydrogen-bond acceptors (Lipinski definition) is 5. The minimum Gasteiger partial charge on any atom is -0.411 e. The van der Waals surface area contributed by atoms with Crippen molar-refractivity contribution in [1.82, 2.24) is 0 Å². The minimum absolute atomic E-state index is 0.277. The van der Waals surface area contributed by atoms with Gasteiger partial charge in [0, 0.05) is 16.4 Å². The lowest BCUT2D eigenvalue weighted by Crippen LogP contribution is -2.23. The summed E-state index contributed by atoms with van der Waals surface area (Å²) < 4.78 is 14.5. The highest BCUT2D eigenvalue weighted by Crippen LogP contribution is 2.52. The van der Waals surface area contributed by atoms with E-state index >= 15 is 0 Å². The predicted molar refractivity (Wildman–Crippen MR) is 159 cm³/mol. The monoisotopic (exact) mass is 539 g/mol. The molecule has 0 aliphatic rings. The average Bonchev–Trinajstić information content (AvgIpc) is 2.88. The SMILES string of the molecule is Cc1cc(C)c(C(=O)P(=O)(C(=O)c2c(C)cc(C)cc2C)c2ccccc2)c(C)c1.ON=Cc1ccccc1. The Kier molecular flexibility index (Phi) is 9.56. The van der Waals surface area contributed by atoms with Crippen LogP contribution in [0.3, 0.4) is 0 Å². The van der Waals surface area contributed by atoms with E-state index in [9.17, 15) is 14.2 Å². The molecule has 0 aliphatic heterocycles. The Bertz CT molecular complexity index is 1450. The van der Waals surface area contributed by atoms with Crippen molar-refractivity contribution in [2.24, 2.45) is 5.16 Å². The van der Waals surface area contributed by atoms with Gasteiger partial charge in [-0.2, -0.15) is 0 Å². The summed E-state index contributed by atoms with van der Waals surface area (Å²) >= 11 is 0. The van der Waals surface area contributed by atoms with E-state index in [1.54, 1.807) is 30.3 Å². The van der Waals surface area contributed by atoms with E-state index in [4.69, 9.17) is 5.21 Å². The molecule has 0 radical (unpaired) electrons. The van der Waals surface area contributed by atoms with Crippen LogP contribution in [0, 0.1) is 41.5 Å². The Morgan fingerprint density at radius 1 is 0.641 bits per heavy atom. The first-order valence-corrected chi connectivity index (χ1v) is 14.3. The van der Waals surface area contributed by atoms with Gasteiger partial charge in [0.15, 0.2) is 0 Å². The molecule has 0 saturated carbocycles. The normalized spacial score (nSPS) is 11.1. The van der Waals surface area contributed by atoms with Gasteiger partial charge >= 0.3 is 0 Å². The Morgan fingerprint density at radius 2 is 1.00 bits per heavy atom. The fourth-order valence-corrected chi connectivity index (χ4v) is 7.50. The molecule has 0 heterocycles. The number of oxime groups is 1. The molecule has 0 saturated heterocycles. The zero-order valence-corrected chi connectivity index (χ0v) is 24.1. The van der Waals surface area contributed by atoms with Crippen LogP contribution in [-0.2, 0) is 4.57 Å². The lowest BCUT2D eigenvalue weighted by atomic mass is 10.0. The summed E-state index contributed by atoms with van der Waals surface area (Å²) in [4.78, 5) is 27.7. The summed E-state index contributed by atoms with van der Waals surface area (Å²) in [5.74, 6) is 0. The van der Waals surface area contributed by atoms with Gasteiger partial charge in [-0.15, -0.1) is 0 Å². The van der Waals surface area contributed by atoms with Crippen molar-refractivity contribution in [3.05, 3.63) is 135 Å². The number of aryl methyl sites for hydroxylation is 6. The summed E-state index contributed by atoms with van der Waals surface area (Å²) in [7, 11) is -4.11. The molecule has 1 N–H and O–H groups in total. The molecule has 0 aliphatic carbocycles. The van der Waals surface area contributed by atoms with Crippen LogP contribution >= 0.6 is 7.14 Å². The molecule has 4 rings (SSSR count). The van der Waals surface area contributed by atoms with Crippen LogP contribution in [0.2, 0.25) is 0 Å². The molecule has 0 amide bonds. The fourth-order valence-electron chi connectivity index (χ4n) is 4.92. The molecule has 0 unspecified atom stereocenters. The highest BCUT2D eigenvalue weighted by Gasteiger charge is 2.44. The molecule has 0 atom stereocenters. The number of rotatable bonds is 6. The third kappa shape index (κ3) is 6.50. The number of hydrogen-bond donors (Lipinski definition) is 1. The number of carbonyl (C=O) groups excluding carboxylic acids is 2. The van der Waals surface area contributed by atoms with Crippen LogP contribution < -0.4 is 5.30 Å². The van der Waals surface area contributed by atoms with Gasteiger partial charge in [-0.3, -0.25) is 9.59 Å². The number of carbonyl (C=O) groups is 2. The maximum absolute atomic E-state index is 14.5. The molecule has 39 heavy (non-hydrogen) atoms. The van der Waals surface area contributed by atoms with E-state index in [0.717, 1.165) is 38.9 Å². The van der Waals surface area contributed by atoms with E-state index in [1.807, 2.05) is 96.1 Å². The maximum Gasteiger partial charge on any atom is 0.248 e. The summed E-state index contributed by atoms with van der Waals surface area (Å²) in [5.41, 5.74) is 5.46. The zero-order valence-electron chi connectivity index (χ0n) is 23.2. The third-order valence-electron chi connectivity index (χ3n) is 6.48. The van der Waals surface area contributed by atoms with E-state index in [-0.39, 0.29) is 5.30 Å². The Balaban J connectivity index is 0.000000395. The largest absolute Gasteiger partial charge is 0.411 e. The van der Waals surface area contributed by atoms with E-state index in [0.29, 0.717) is 11.1 Å². The summed E-state index contributed by atoms with van der Waals surface area (Å²) in [5, 5.41) is 11.2. The molecule has 0 spiro atoms. The Hall–Kier alpha value is -4.08. The van der Waals surface area contributed by atoms with Crippen LogP contribution in [0.15, 0.2) is 90.1 Å². The van der Waals surface area contributed by atoms with Crippen LogP contribution in [0.25, 0.3) is 0 Å². The summed E-state index contributed by atoms with van der Waals surface area (Å²) in [6.07, 6.45) is 1.39. The summed E-state index contributed by atoms with van der Waals surface area (Å²) in [6, 6.07) is 25.4. The second-order valence-electron chi connectivity index (χ2n) is 9.76. The van der Waals surface area contributed by atoms with Crippen molar-refractivity contribution in [2.75, 3.05) is 0 Å². The minimum atomic E-state index is -4.11. The van der Waals surface area contributed by atoms with Crippen LogP contribution in [-0.4, -0.2) is 22.5 Å². The second kappa shape index (κ2) is 12.6. The van der Waals surface area contributed by atoms with Gasteiger partial charge in [0.25, 0.3) is 0 Å². The molecule has 6 heteroatoms. The van der Waals surface area contributed by atoms with Gasteiger partial charge in [0.1, 0.15) is 0 Å². The zero-order chi connectivity index (χ0) is 28.7. The molecule has 0 bridgehead atoms. The van der Waals surface area contributed by atoms with E-state index in [2.05, 4.69) is 5.16 Å². The highest BCUT2D eigenvalue weighted by molar-refractivity contribution is 8.01. The van der Waals surface area contributed by atoms with Crippen molar-refractivity contribution in [3.63, 3.8) is 0 Å². The first-order chi connectivity index (χ1) is 18.5. The van der Waals surface area contributed by atoms with Gasteiger partial charge in [0.05, 0.1) is 6.21 Å². The Labute approximate surface area is 230 Å². The lowest BCUT2D eigenvalue weighted by molar-refractivity contribution is 0.104. The van der Waals surface area contributed by atoms with Crippen molar-refractivity contribution >= 4 is 29.7 Å². The fraction of sp³-hybridized carbons (Fsp3) is 0.182. The maximum atomic E-state index is 14.5. The molecular formula is C33H34NO4P.